The van der Waals surface area contributed by atoms with Crippen molar-refractivity contribution in [3.05, 3.63) is 23.8 Å². The van der Waals surface area contributed by atoms with Crippen molar-refractivity contribution in [1.29, 1.82) is 0 Å². The van der Waals surface area contributed by atoms with Crippen molar-refractivity contribution < 1.29 is 18.8 Å². The predicted octanol–water partition coefficient (Wildman–Crippen LogP) is 1.44. The van der Waals surface area contributed by atoms with E-state index in [1.807, 2.05) is 27.7 Å². The molecule has 2 heterocycles. The van der Waals surface area contributed by atoms with Gasteiger partial charge in [-0.15, -0.1) is 0 Å². The van der Waals surface area contributed by atoms with Crippen molar-refractivity contribution in [2.45, 2.75) is 58.3 Å². The molecule has 110 valence electrons. The zero-order valence-corrected chi connectivity index (χ0v) is 12.6. The summed E-state index contributed by atoms with van der Waals surface area (Å²) < 4.78 is 25.7. The lowest BCUT2D eigenvalue weighted by Crippen LogP contribution is -2.41. The molecule has 0 saturated carbocycles. The Balaban J connectivity index is 2.23. The molecule has 0 spiro atoms. The van der Waals surface area contributed by atoms with Crippen LogP contribution in [0.15, 0.2) is 12.1 Å². The van der Waals surface area contributed by atoms with Gasteiger partial charge in [0.05, 0.1) is 17.3 Å². The first-order valence-electron chi connectivity index (χ1n) is 6.81. The third-order valence-corrected chi connectivity index (χ3v) is 3.95. The van der Waals surface area contributed by atoms with E-state index in [4.69, 9.17) is 9.31 Å². The summed E-state index contributed by atoms with van der Waals surface area (Å²) in [5, 5.41) is 9.30. The molecule has 1 unspecified atom stereocenters. The summed E-state index contributed by atoms with van der Waals surface area (Å²) in [7, 11) is -0.756. The monoisotopic (exact) mass is 281 g/mol. The van der Waals surface area contributed by atoms with Crippen LogP contribution in [0.3, 0.4) is 0 Å². The van der Waals surface area contributed by atoms with Gasteiger partial charge in [-0.3, -0.25) is 0 Å². The van der Waals surface area contributed by atoms with Gasteiger partial charge >= 0.3 is 7.12 Å². The summed E-state index contributed by atoms with van der Waals surface area (Å²) in [5.41, 5.74) is -0.221. The van der Waals surface area contributed by atoms with Crippen LogP contribution in [0.2, 0.25) is 0 Å². The molecular weight excluding hydrogens is 260 g/mol. The standard InChI is InChI=1S/C14H21BFNO3/c1-9(18)8-10-6-7-11(12(16)17-10)15-19-13(2,3)14(4,5)20-15/h6-7,9,18H,8H2,1-5H3. The highest BCUT2D eigenvalue weighted by Crippen LogP contribution is 2.36. The number of aliphatic hydroxyl groups excluding tert-OH is 1. The molecule has 0 radical (unpaired) electrons. The van der Waals surface area contributed by atoms with Gasteiger partial charge in [-0.25, -0.2) is 4.98 Å². The van der Waals surface area contributed by atoms with E-state index in [2.05, 4.69) is 4.98 Å². The summed E-state index contributed by atoms with van der Waals surface area (Å²) in [5.74, 6) is -0.610. The smallest absolute Gasteiger partial charge is 0.399 e. The number of rotatable bonds is 3. The molecule has 20 heavy (non-hydrogen) atoms. The van der Waals surface area contributed by atoms with Crippen LogP contribution < -0.4 is 5.46 Å². The summed E-state index contributed by atoms with van der Waals surface area (Å²) in [6.07, 6.45) is -0.231. The largest absolute Gasteiger partial charge is 0.499 e. The molecule has 1 fully saturated rings. The van der Waals surface area contributed by atoms with Crippen LogP contribution in [0.1, 0.15) is 40.3 Å². The van der Waals surface area contributed by atoms with Crippen LogP contribution in [0.5, 0.6) is 0 Å². The molecule has 1 N–H and O–H groups in total. The number of nitrogens with zero attached hydrogens (tertiary/aromatic N) is 1. The first kappa shape index (κ1) is 15.4. The fraction of sp³-hybridized carbons (Fsp3) is 0.643. The Morgan fingerprint density at radius 3 is 2.25 bits per heavy atom. The average Bonchev–Trinajstić information content (AvgIpc) is 2.46. The topological polar surface area (TPSA) is 51.6 Å². The van der Waals surface area contributed by atoms with Gasteiger partial charge in [0.15, 0.2) is 0 Å². The Morgan fingerprint density at radius 1 is 1.25 bits per heavy atom. The van der Waals surface area contributed by atoms with E-state index < -0.39 is 30.4 Å². The maximum absolute atomic E-state index is 14.1. The number of aliphatic hydroxyl groups is 1. The third-order valence-electron chi connectivity index (χ3n) is 3.95. The average molecular weight is 281 g/mol. The molecule has 0 amide bonds. The van der Waals surface area contributed by atoms with Crippen molar-refractivity contribution in [3.63, 3.8) is 0 Å². The lowest BCUT2D eigenvalue weighted by atomic mass is 9.80. The molecule has 4 nitrogen and oxygen atoms in total. The zero-order valence-electron chi connectivity index (χ0n) is 12.6. The zero-order chi connectivity index (χ0) is 15.1. The summed E-state index contributed by atoms with van der Waals surface area (Å²) in [6, 6.07) is 3.30. The Morgan fingerprint density at radius 2 is 1.80 bits per heavy atom. The molecule has 1 aliphatic heterocycles. The lowest BCUT2D eigenvalue weighted by molar-refractivity contribution is 0.00578. The van der Waals surface area contributed by atoms with Crippen molar-refractivity contribution in [2.24, 2.45) is 0 Å². The van der Waals surface area contributed by atoms with Crippen LogP contribution >= 0.6 is 0 Å². The second kappa shape index (κ2) is 5.09. The minimum Gasteiger partial charge on any atom is -0.399 e. The first-order chi connectivity index (χ1) is 9.12. The number of hydrogen-bond acceptors (Lipinski definition) is 4. The van der Waals surface area contributed by atoms with Crippen molar-refractivity contribution in [1.82, 2.24) is 4.98 Å². The van der Waals surface area contributed by atoms with E-state index in [0.717, 1.165) is 0 Å². The normalized spacial score (nSPS) is 22.1. The maximum atomic E-state index is 14.1. The third kappa shape index (κ3) is 2.87. The SMILES string of the molecule is CC(O)Cc1ccc(B2OC(C)(C)C(C)(C)O2)c(F)n1. The van der Waals surface area contributed by atoms with Gasteiger partial charge < -0.3 is 14.4 Å². The molecule has 0 aliphatic carbocycles. The van der Waals surface area contributed by atoms with Crippen molar-refractivity contribution in [3.8, 4) is 0 Å². The summed E-state index contributed by atoms with van der Waals surface area (Å²) in [6.45, 7) is 9.31. The molecule has 1 aliphatic rings. The quantitative estimate of drug-likeness (QED) is 0.673. The van der Waals surface area contributed by atoms with Crippen LogP contribution in [-0.4, -0.2) is 34.5 Å². The van der Waals surface area contributed by atoms with Gasteiger partial charge in [0.25, 0.3) is 0 Å². The molecule has 1 aromatic heterocycles. The number of hydrogen-bond donors (Lipinski definition) is 1. The lowest BCUT2D eigenvalue weighted by Gasteiger charge is -2.32. The number of pyridine rings is 1. The highest BCUT2D eigenvalue weighted by Gasteiger charge is 2.52. The highest BCUT2D eigenvalue weighted by atomic mass is 19.1. The molecule has 6 heteroatoms. The van der Waals surface area contributed by atoms with E-state index in [1.54, 1.807) is 19.1 Å². The minimum atomic E-state index is -0.756. The Bertz CT molecular complexity index is 489. The van der Waals surface area contributed by atoms with Crippen LogP contribution in [-0.2, 0) is 15.7 Å². The van der Waals surface area contributed by atoms with Gasteiger partial charge in [0.1, 0.15) is 0 Å². The van der Waals surface area contributed by atoms with E-state index in [9.17, 15) is 9.50 Å². The van der Waals surface area contributed by atoms with Crippen LogP contribution in [0.4, 0.5) is 4.39 Å². The van der Waals surface area contributed by atoms with Crippen LogP contribution in [0, 0.1) is 5.95 Å². The maximum Gasteiger partial charge on any atom is 0.499 e. The number of halogens is 1. The molecule has 0 bridgehead atoms. The van der Waals surface area contributed by atoms with Crippen molar-refractivity contribution in [2.75, 3.05) is 0 Å². The van der Waals surface area contributed by atoms with E-state index in [0.29, 0.717) is 12.1 Å². The summed E-state index contributed by atoms with van der Waals surface area (Å²) >= 11 is 0. The fourth-order valence-electron chi connectivity index (χ4n) is 2.04. The first-order valence-corrected chi connectivity index (χ1v) is 6.81. The molecule has 0 aromatic carbocycles. The van der Waals surface area contributed by atoms with Gasteiger partial charge in [-0.1, -0.05) is 6.07 Å². The van der Waals surface area contributed by atoms with E-state index in [1.165, 1.54) is 0 Å². The van der Waals surface area contributed by atoms with E-state index >= 15 is 0 Å². The van der Waals surface area contributed by atoms with E-state index in [-0.39, 0.29) is 5.46 Å². The number of aromatic nitrogens is 1. The molecule has 1 aromatic rings. The Labute approximate surface area is 119 Å². The highest BCUT2D eigenvalue weighted by molar-refractivity contribution is 6.62. The second-order valence-corrected chi connectivity index (χ2v) is 6.32. The molecular formula is C14H21BFNO3. The van der Waals surface area contributed by atoms with Gasteiger partial charge in [0, 0.05) is 17.6 Å². The minimum absolute atomic E-state index is 0.290. The Hall–Kier alpha value is -0.975. The molecule has 1 atom stereocenters. The van der Waals surface area contributed by atoms with Crippen LogP contribution in [0.25, 0.3) is 0 Å². The van der Waals surface area contributed by atoms with Gasteiger partial charge in [-0.2, -0.15) is 4.39 Å². The second-order valence-electron chi connectivity index (χ2n) is 6.32. The predicted molar refractivity (Wildman–Crippen MR) is 75.3 cm³/mol. The van der Waals surface area contributed by atoms with Crippen molar-refractivity contribution >= 4 is 12.6 Å². The molecule has 1 saturated heterocycles. The van der Waals surface area contributed by atoms with Gasteiger partial charge in [0.2, 0.25) is 5.95 Å². The summed E-state index contributed by atoms with van der Waals surface area (Å²) in [4.78, 5) is 3.87. The Kier molecular flexibility index (Phi) is 3.93. The molecule has 2 rings (SSSR count). The fourth-order valence-corrected chi connectivity index (χ4v) is 2.04. The van der Waals surface area contributed by atoms with Gasteiger partial charge in [-0.05, 0) is 40.7 Å².